The zero-order valence-electron chi connectivity index (χ0n) is 25.8. The first-order chi connectivity index (χ1) is 22.4. The second kappa shape index (κ2) is 16.8. The van der Waals surface area contributed by atoms with Gasteiger partial charge in [-0.3, -0.25) is 9.05 Å². The number of hydrogen-bond acceptors (Lipinski definition) is 9. The molecule has 1 unspecified atom stereocenters. The van der Waals surface area contributed by atoms with Crippen LogP contribution in [0.3, 0.4) is 0 Å². The van der Waals surface area contributed by atoms with Gasteiger partial charge in [-0.15, -0.1) is 0 Å². The SMILES string of the molecule is COc1ccc(O[C@@H]2O[C@H](COCc3ccccc3)[C@H](OCc3ccccc3)[C@H](OP(=O)(O)OC)[C@H]2OCc2ccccc2)cc1. The van der Waals surface area contributed by atoms with Crippen LogP contribution in [0, 0.1) is 0 Å². The van der Waals surface area contributed by atoms with Crippen LogP contribution in [0.5, 0.6) is 11.5 Å². The summed E-state index contributed by atoms with van der Waals surface area (Å²) in [6.07, 6.45) is -5.03. The minimum absolute atomic E-state index is 0.0603. The average molecular weight is 651 g/mol. The van der Waals surface area contributed by atoms with Gasteiger partial charge in [0.15, 0.2) is 0 Å². The molecule has 0 aliphatic carbocycles. The van der Waals surface area contributed by atoms with Crippen LogP contribution in [-0.2, 0) is 52.4 Å². The van der Waals surface area contributed by atoms with Crippen molar-refractivity contribution in [1.82, 2.24) is 0 Å². The van der Waals surface area contributed by atoms with Gasteiger partial charge in [-0.05, 0) is 41.0 Å². The third-order valence-corrected chi connectivity index (χ3v) is 8.32. The minimum Gasteiger partial charge on any atom is -0.497 e. The molecule has 1 saturated heterocycles. The number of phosphoric acid groups is 1. The number of benzene rings is 4. The molecular formula is C35H39O10P. The van der Waals surface area contributed by atoms with Crippen LogP contribution in [-0.4, -0.2) is 56.4 Å². The van der Waals surface area contributed by atoms with E-state index in [4.69, 9.17) is 37.5 Å². The van der Waals surface area contributed by atoms with Crippen LogP contribution < -0.4 is 9.47 Å². The third kappa shape index (κ3) is 9.72. The van der Waals surface area contributed by atoms with Crippen LogP contribution in [0.2, 0.25) is 0 Å². The molecule has 4 aromatic rings. The Labute approximate surface area is 269 Å². The molecule has 244 valence electrons. The summed E-state index contributed by atoms with van der Waals surface area (Å²) in [6, 6.07) is 35.8. The molecule has 10 nitrogen and oxygen atoms in total. The molecule has 11 heteroatoms. The predicted octanol–water partition coefficient (Wildman–Crippen LogP) is 6.32. The number of rotatable bonds is 16. The zero-order chi connectivity index (χ0) is 32.2. The highest BCUT2D eigenvalue weighted by Gasteiger charge is 2.52. The van der Waals surface area contributed by atoms with E-state index in [0.717, 1.165) is 23.8 Å². The number of hydrogen-bond donors (Lipinski definition) is 1. The fourth-order valence-electron chi connectivity index (χ4n) is 4.99. The number of ether oxygens (including phenoxy) is 6. The van der Waals surface area contributed by atoms with Crippen molar-refractivity contribution in [2.75, 3.05) is 20.8 Å². The van der Waals surface area contributed by atoms with Crippen molar-refractivity contribution in [3.05, 3.63) is 132 Å². The third-order valence-electron chi connectivity index (χ3n) is 7.35. The Morgan fingerprint density at radius 3 is 1.67 bits per heavy atom. The maximum Gasteiger partial charge on any atom is 0.472 e. The highest BCUT2D eigenvalue weighted by Crippen LogP contribution is 2.47. The molecule has 6 atom stereocenters. The minimum atomic E-state index is -4.56. The van der Waals surface area contributed by atoms with E-state index in [1.165, 1.54) is 0 Å². The summed E-state index contributed by atoms with van der Waals surface area (Å²) in [6.45, 7) is 0.680. The predicted molar refractivity (Wildman–Crippen MR) is 170 cm³/mol. The van der Waals surface area contributed by atoms with Gasteiger partial charge in [-0.1, -0.05) is 91.0 Å². The van der Waals surface area contributed by atoms with E-state index in [1.54, 1.807) is 31.4 Å². The Balaban J connectivity index is 1.48. The summed E-state index contributed by atoms with van der Waals surface area (Å²) in [7, 11) is -1.88. The first kappa shape index (κ1) is 33.8. The Hall–Kier alpha value is -3.57. The summed E-state index contributed by atoms with van der Waals surface area (Å²) in [5, 5.41) is 0. The first-order valence-electron chi connectivity index (χ1n) is 14.9. The van der Waals surface area contributed by atoms with Gasteiger partial charge in [0.2, 0.25) is 6.29 Å². The fraction of sp³-hybridized carbons (Fsp3) is 0.314. The second-order valence-corrected chi connectivity index (χ2v) is 12.1. The number of methoxy groups -OCH3 is 1. The molecule has 1 fully saturated rings. The first-order valence-corrected chi connectivity index (χ1v) is 16.4. The smallest absolute Gasteiger partial charge is 0.472 e. The van der Waals surface area contributed by atoms with Crippen LogP contribution in [0.25, 0.3) is 0 Å². The monoisotopic (exact) mass is 650 g/mol. The fourth-order valence-corrected chi connectivity index (χ4v) is 5.62. The number of phosphoric ester groups is 1. The molecule has 46 heavy (non-hydrogen) atoms. The maximum absolute atomic E-state index is 13.0. The Morgan fingerprint density at radius 2 is 1.15 bits per heavy atom. The Bertz CT molecular complexity index is 1490. The summed E-state index contributed by atoms with van der Waals surface area (Å²) in [4.78, 5) is 10.6. The van der Waals surface area contributed by atoms with Crippen molar-refractivity contribution in [2.45, 2.75) is 50.5 Å². The van der Waals surface area contributed by atoms with Gasteiger partial charge in [0, 0.05) is 7.11 Å². The summed E-state index contributed by atoms with van der Waals surface area (Å²) in [5.74, 6) is 1.11. The Kier molecular flexibility index (Phi) is 12.4. The summed E-state index contributed by atoms with van der Waals surface area (Å²) < 4.78 is 60.8. The average Bonchev–Trinajstić information content (AvgIpc) is 3.09. The molecular weight excluding hydrogens is 611 g/mol. The van der Waals surface area contributed by atoms with Gasteiger partial charge >= 0.3 is 7.82 Å². The quantitative estimate of drug-likeness (QED) is 0.138. The molecule has 5 rings (SSSR count). The standard InChI is InChI=1S/C35H39O10P/c1-38-29-18-20-30(21-19-29)43-35-34(42-24-28-16-10-5-11-17-28)33(45-46(36,37)39-2)32(41-23-27-14-8-4-9-15-27)31(44-35)25-40-22-26-12-6-3-7-13-26/h3-21,31-35H,22-25H2,1-2H3,(H,36,37)/t31-,32+,33+,34-,35-/m1/s1. The van der Waals surface area contributed by atoms with E-state index in [0.29, 0.717) is 18.1 Å². The lowest BCUT2D eigenvalue weighted by atomic mass is 9.98. The molecule has 0 spiro atoms. The van der Waals surface area contributed by atoms with Crippen molar-refractivity contribution in [2.24, 2.45) is 0 Å². The molecule has 1 aliphatic heterocycles. The molecule has 1 N–H and O–H groups in total. The highest BCUT2D eigenvalue weighted by atomic mass is 31.2. The Morgan fingerprint density at radius 1 is 0.652 bits per heavy atom. The van der Waals surface area contributed by atoms with E-state index in [9.17, 15) is 9.46 Å². The van der Waals surface area contributed by atoms with Gasteiger partial charge in [0.1, 0.15) is 35.9 Å². The molecule has 0 radical (unpaired) electrons. The van der Waals surface area contributed by atoms with Gasteiger partial charge in [-0.2, -0.15) is 0 Å². The van der Waals surface area contributed by atoms with Crippen molar-refractivity contribution in [3.63, 3.8) is 0 Å². The van der Waals surface area contributed by atoms with E-state index >= 15 is 0 Å². The van der Waals surface area contributed by atoms with Crippen molar-refractivity contribution >= 4 is 7.82 Å². The van der Waals surface area contributed by atoms with Gasteiger partial charge < -0.3 is 33.3 Å². The molecule has 0 saturated carbocycles. The largest absolute Gasteiger partial charge is 0.497 e. The van der Waals surface area contributed by atoms with Crippen molar-refractivity contribution < 1.29 is 46.9 Å². The molecule has 0 amide bonds. The summed E-state index contributed by atoms with van der Waals surface area (Å²) >= 11 is 0. The second-order valence-electron chi connectivity index (χ2n) is 10.6. The molecule has 0 bridgehead atoms. The van der Waals surface area contributed by atoms with Crippen LogP contribution in [0.15, 0.2) is 115 Å². The van der Waals surface area contributed by atoms with Gasteiger partial charge in [0.05, 0.1) is 33.5 Å². The van der Waals surface area contributed by atoms with Crippen LogP contribution in [0.4, 0.5) is 0 Å². The lowest BCUT2D eigenvalue weighted by molar-refractivity contribution is -0.298. The lowest BCUT2D eigenvalue weighted by Crippen LogP contribution is -2.62. The molecule has 1 heterocycles. The van der Waals surface area contributed by atoms with E-state index < -0.39 is 38.5 Å². The topological polar surface area (TPSA) is 111 Å². The van der Waals surface area contributed by atoms with Crippen LogP contribution in [0.1, 0.15) is 16.7 Å². The molecule has 0 aromatic heterocycles. The van der Waals surface area contributed by atoms with Crippen LogP contribution >= 0.6 is 7.82 Å². The summed E-state index contributed by atoms with van der Waals surface area (Å²) in [5.41, 5.74) is 2.74. The molecule has 4 aromatic carbocycles. The van der Waals surface area contributed by atoms with Crippen molar-refractivity contribution in [3.8, 4) is 11.5 Å². The lowest BCUT2D eigenvalue weighted by Gasteiger charge is -2.45. The zero-order valence-corrected chi connectivity index (χ0v) is 26.6. The van der Waals surface area contributed by atoms with Crippen molar-refractivity contribution in [1.29, 1.82) is 0 Å². The van der Waals surface area contributed by atoms with Gasteiger partial charge in [0.25, 0.3) is 0 Å². The highest BCUT2D eigenvalue weighted by molar-refractivity contribution is 7.47. The molecule has 1 aliphatic rings. The normalized spacial score (nSPS) is 22.5. The van der Waals surface area contributed by atoms with E-state index in [2.05, 4.69) is 0 Å². The van der Waals surface area contributed by atoms with Gasteiger partial charge in [-0.25, -0.2) is 4.57 Å². The van der Waals surface area contributed by atoms with E-state index in [1.807, 2.05) is 91.0 Å². The van der Waals surface area contributed by atoms with E-state index in [-0.39, 0.29) is 19.8 Å². The maximum atomic E-state index is 13.0.